The van der Waals surface area contributed by atoms with Crippen molar-refractivity contribution in [1.82, 2.24) is 15.5 Å². The first-order chi connectivity index (χ1) is 8.06. The van der Waals surface area contributed by atoms with Crippen LogP contribution in [0.15, 0.2) is 6.20 Å². The largest absolute Gasteiger partial charge is 0.480 e. The van der Waals surface area contributed by atoms with E-state index in [1.807, 2.05) is 6.92 Å². The number of nitrogens with zero attached hydrogens (tertiary/aromatic N) is 1. The predicted octanol–water partition coefficient (Wildman–Crippen LogP) is 0.589. The maximum Gasteiger partial charge on any atom is 0.319 e. The lowest BCUT2D eigenvalue weighted by Gasteiger charge is -2.35. The maximum absolute atomic E-state index is 11.9. The van der Waals surface area contributed by atoms with E-state index in [-0.39, 0.29) is 0 Å². The number of carbonyl (C=O) groups excluding carboxylic acids is 1. The van der Waals surface area contributed by atoms with Crippen LogP contribution in [0.5, 0.6) is 0 Å². The fourth-order valence-corrected chi connectivity index (χ4v) is 1.97. The molecule has 1 aliphatic carbocycles. The molecule has 0 unspecified atom stereocenters. The summed E-state index contributed by atoms with van der Waals surface area (Å²) in [6.45, 7) is 2.17. The van der Waals surface area contributed by atoms with Crippen LogP contribution in [-0.4, -0.2) is 27.2 Å². The summed E-state index contributed by atoms with van der Waals surface area (Å²) in [5.74, 6) is -1.41. The number of nitrogens with one attached hydrogen (secondary N) is 2. The third-order valence-electron chi connectivity index (χ3n) is 3.42. The minimum absolute atomic E-state index is 0.316. The number of carboxylic acids is 1. The number of amides is 1. The topological polar surface area (TPSA) is 95.1 Å². The minimum Gasteiger partial charge on any atom is -0.480 e. The third-order valence-corrected chi connectivity index (χ3v) is 3.42. The number of aliphatic carboxylic acids is 1. The smallest absolute Gasteiger partial charge is 0.319 e. The highest BCUT2D eigenvalue weighted by Gasteiger charge is 2.51. The van der Waals surface area contributed by atoms with Gasteiger partial charge in [-0.3, -0.25) is 14.7 Å². The lowest BCUT2D eigenvalue weighted by atomic mass is 9.68. The Bertz CT molecular complexity index is 449. The summed E-state index contributed by atoms with van der Waals surface area (Å²) in [6, 6.07) is 0. The van der Waals surface area contributed by atoms with Gasteiger partial charge in [0, 0.05) is 17.8 Å². The molecule has 1 saturated carbocycles. The first kappa shape index (κ1) is 11.6. The molecule has 0 aliphatic heterocycles. The Morgan fingerprint density at radius 3 is 2.71 bits per heavy atom. The summed E-state index contributed by atoms with van der Waals surface area (Å²) < 4.78 is 0. The van der Waals surface area contributed by atoms with E-state index in [0.29, 0.717) is 19.4 Å². The zero-order valence-corrected chi connectivity index (χ0v) is 9.62. The molecule has 92 valence electrons. The fraction of sp³-hybridized carbons (Fsp3) is 0.545. The normalized spacial score (nSPS) is 17.2. The van der Waals surface area contributed by atoms with Gasteiger partial charge in [0.2, 0.25) is 5.91 Å². The highest BCUT2D eigenvalue weighted by Crippen LogP contribution is 2.41. The Balaban J connectivity index is 1.98. The molecule has 1 aliphatic rings. The van der Waals surface area contributed by atoms with Crippen LogP contribution in [0.25, 0.3) is 0 Å². The zero-order chi connectivity index (χ0) is 12.5. The maximum atomic E-state index is 11.9. The number of hydrogen-bond acceptors (Lipinski definition) is 3. The van der Waals surface area contributed by atoms with Crippen molar-refractivity contribution in [3.63, 3.8) is 0 Å². The third kappa shape index (κ3) is 1.90. The van der Waals surface area contributed by atoms with E-state index in [9.17, 15) is 9.59 Å². The van der Waals surface area contributed by atoms with Crippen LogP contribution in [0, 0.1) is 12.3 Å². The second-order valence-electron chi connectivity index (χ2n) is 4.44. The SMILES string of the molecule is Cc1[nH]ncc1CNC(=O)C1(C(=O)O)CCC1. The number of carboxylic acid groups (broad SMARTS) is 1. The van der Waals surface area contributed by atoms with Gasteiger partial charge in [-0.25, -0.2) is 0 Å². The molecule has 0 spiro atoms. The van der Waals surface area contributed by atoms with Gasteiger partial charge in [-0.05, 0) is 19.8 Å². The Morgan fingerprint density at radius 1 is 1.59 bits per heavy atom. The van der Waals surface area contributed by atoms with Crippen LogP contribution in [-0.2, 0) is 16.1 Å². The highest BCUT2D eigenvalue weighted by molar-refractivity contribution is 6.02. The molecule has 1 aromatic rings. The molecule has 1 aromatic heterocycles. The monoisotopic (exact) mass is 237 g/mol. The van der Waals surface area contributed by atoms with Gasteiger partial charge in [-0.1, -0.05) is 6.42 Å². The molecule has 0 saturated heterocycles. The van der Waals surface area contributed by atoms with E-state index in [1.54, 1.807) is 6.20 Å². The standard InChI is InChI=1S/C11H15N3O3/c1-7-8(6-13-14-7)5-12-9(15)11(10(16)17)3-2-4-11/h6H,2-5H2,1H3,(H,12,15)(H,13,14)(H,16,17). The fourth-order valence-electron chi connectivity index (χ4n) is 1.97. The Morgan fingerprint density at radius 2 is 2.29 bits per heavy atom. The number of H-pyrrole nitrogens is 1. The highest BCUT2D eigenvalue weighted by atomic mass is 16.4. The van der Waals surface area contributed by atoms with E-state index in [0.717, 1.165) is 17.7 Å². The molecule has 6 nitrogen and oxygen atoms in total. The van der Waals surface area contributed by atoms with Crippen molar-refractivity contribution in [3.8, 4) is 0 Å². The van der Waals surface area contributed by atoms with Crippen molar-refractivity contribution >= 4 is 11.9 Å². The number of hydrogen-bond donors (Lipinski definition) is 3. The van der Waals surface area contributed by atoms with E-state index >= 15 is 0 Å². The molecule has 17 heavy (non-hydrogen) atoms. The van der Waals surface area contributed by atoms with E-state index in [2.05, 4.69) is 15.5 Å². The molecule has 1 heterocycles. The van der Waals surface area contributed by atoms with E-state index in [4.69, 9.17) is 5.11 Å². The number of aromatic nitrogens is 2. The van der Waals surface area contributed by atoms with Gasteiger partial charge in [0.05, 0.1) is 6.20 Å². The lowest BCUT2D eigenvalue weighted by molar-refractivity contribution is -0.162. The molecule has 0 bridgehead atoms. The zero-order valence-electron chi connectivity index (χ0n) is 9.62. The molecule has 0 atom stereocenters. The van der Waals surface area contributed by atoms with Crippen molar-refractivity contribution in [3.05, 3.63) is 17.5 Å². The molecule has 0 radical (unpaired) electrons. The minimum atomic E-state index is -1.20. The first-order valence-corrected chi connectivity index (χ1v) is 5.57. The summed E-state index contributed by atoms with van der Waals surface area (Å²) in [6.07, 6.45) is 3.28. The Labute approximate surface area is 98.4 Å². The van der Waals surface area contributed by atoms with Gasteiger partial charge in [-0.15, -0.1) is 0 Å². The van der Waals surface area contributed by atoms with Crippen molar-refractivity contribution < 1.29 is 14.7 Å². The predicted molar refractivity (Wildman–Crippen MR) is 59.1 cm³/mol. The molecular weight excluding hydrogens is 222 g/mol. The second-order valence-corrected chi connectivity index (χ2v) is 4.44. The van der Waals surface area contributed by atoms with Gasteiger partial charge in [0.15, 0.2) is 0 Å². The van der Waals surface area contributed by atoms with Crippen LogP contribution in [0.2, 0.25) is 0 Å². The quantitative estimate of drug-likeness (QED) is 0.668. The number of aromatic amines is 1. The molecule has 1 fully saturated rings. The Kier molecular flexibility index (Phi) is 2.87. The number of aryl methyl sites for hydroxylation is 1. The molecule has 3 N–H and O–H groups in total. The van der Waals surface area contributed by atoms with Crippen LogP contribution >= 0.6 is 0 Å². The summed E-state index contributed by atoms with van der Waals surface area (Å²) in [4.78, 5) is 23.0. The van der Waals surface area contributed by atoms with Gasteiger partial charge in [-0.2, -0.15) is 5.10 Å². The average Bonchev–Trinajstić information content (AvgIpc) is 2.58. The molecule has 6 heteroatoms. The van der Waals surface area contributed by atoms with Gasteiger partial charge >= 0.3 is 5.97 Å². The molecule has 1 amide bonds. The van der Waals surface area contributed by atoms with Crippen molar-refractivity contribution in [2.45, 2.75) is 32.7 Å². The summed E-state index contributed by atoms with van der Waals surface area (Å²) >= 11 is 0. The molecule has 2 rings (SSSR count). The summed E-state index contributed by atoms with van der Waals surface area (Å²) in [5, 5.41) is 18.4. The Hall–Kier alpha value is -1.85. The van der Waals surface area contributed by atoms with Crippen LogP contribution in [0.4, 0.5) is 0 Å². The van der Waals surface area contributed by atoms with Crippen LogP contribution < -0.4 is 5.32 Å². The van der Waals surface area contributed by atoms with Gasteiger partial charge < -0.3 is 10.4 Å². The van der Waals surface area contributed by atoms with Gasteiger partial charge in [0.25, 0.3) is 0 Å². The van der Waals surface area contributed by atoms with E-state index in [1.165, 1.54) is 0 Å². The van der Waals surface area contributed by atoms with Crippen molar-refractivity contribution in [2.24, 2.45) is 5.41 Å². The first-order valence-electron chi connectivity index (χ1n) is 5.57. The van der Waals surface area contributed by atoms with Crippen LogP contribution in [0.3, 0.4) is 0 Å². The van der Waals surface area contributed by atoms with Gasteiger partial charge in [0.1, 0.15) is 5.41 Å². The molecule has 0 aromatic carbocycles. The van der Waals surface area contributed by atoms with E-state index < -0.39 is 17.3 Å². The number of rotatable bonds is 4. The summed E-state index contributed by atoms with van der Waals surface area (Å²) in [7, 11) is 0. The lowest BCUT2D eigenvalue weighted by Crippen LogP contribution is -2.50. The van der Waals surface area contributed by atoms with Crippen molar-refractivity contribution in [1.29, 1.82) is 0 Å². The molecular formula is C11H15N3O3. The summed E-state index contributed by atoms with van der Waals surface area (Å²) in [5.41, 5.74) is 0.555. The van der Waals surface area contributed by atoms with Crippen molar-refractivity contribution in [2.75, 3.05) is 0 Å². The second kappa shape index (κ2) is 4.20. The average molecular weight is 237 g/mol. The van der Waals surface area contributed by atoms with Crippen LogP contribution in [0.1, 0.15) is 30.5 Å². The number of carbonyl (C=O) groups is 2.